The number of H-pyrrole nitrogens is 1. The molecule has 14 heteroatoms. The largest absolute Gasteiger partial charge is 0.497 e. The zero-order valence-corrected chi connectivity index (χ0v) is 22.3. The average Bonchev–Trinajstić information content (AvgIpc) is 3.18. The van der Waals surface area contributed by atoms with Gasteiger partial charge < -0.3 is 9.72 Å². The molecular formula is C24H25ClN4O8S. The van der Waals surface area contributed by atoms with Gasteiger partial charge in [0.1, 0.15) is 11.4 Å². The summed E-state index contributed by atoms with van der Waals surface area (Å²) >= 11 is 0. The van der Waals surface area contributed by atoms with Crippen LogP contribution in [0.15, 0.2) is 59.5 Å². The molecule has 2 aromatic carbocycles. The van der Waals surface area contributed by atoms with Crippen LogP contribution in [0.4, 0.5) is 0 Å². The molecule has 0 saturated heterocycles. The number of pyridine rings is 1. The van der Waals surface area contributed by atoms with Crippen LogP contribution >= 0.6 is 0 Å². The number of halogens is 1. The Balaban J connectivity index is 0.000000732. The number of aromatic amines is 1. The molecule has 4 rings (SSSR count). The van der Waals surface area contributed by atoms with Crippen LogP contribution in [0.3, 0.4) is 0 Å². The van der Waals surface area contributed by atoms with Crippen LogP contribution in [0.5, 0.6) is 5.75 Å². The molecule has 0 atom stereocenters. The highest BCUT2D eigenvalue weighted by molar-refractivity contribution is 7.89. The number of hydrogen-bond acceptors (Lipinski definition) is 8. The molecule has 0 aliphatic rings. The molecule has 2 aromatic heterocycles. The molecule has 0 bridgehead atoms. The fourth-order valence-electron chi connectivity index (χ4n) is 4.04. The second kappa shape index (κ2) is 11.0. The van der Waals surface area contributed by atoms with Gasteiger partial charge in [0.25, 0.3) is 0 Å². The Kier molecular flexibility index (Phi) is 8.43. The van der Waals surface area contributed by atoms with Crippen LogP contribution < -0.4 is 38.6 Å². The number of primary sulfonamides is 1. The number of rotatable bonds is 5. The van der Waals surface area contributed by atoms with Crippen LogP contribution in [0.1, 0.15) is 27.4 Å². The van der Waals surface area contributed by atoms with Gasteiger partial charge in [-0.05, 0) is 48.4 Å². The summed E-state index contributed by atoms with van der Waals surface area (Å²) in [6, 6.07) is 15.7. The van der Waals surface area contributed by atoms with Crippen molar-refractivity contribution in [1.82, 2.24) is 4.98 Å². The lowest BCUT2D eigenvalue weighted by Crippen LogP contribution is -2.68. The predicted octanol–water partition coefficient (Wildman–Crippen LogP) is -1.67. The number of aryl methyl sites for hydroxylation is 3. The number of methoxy groups -OCH3 is 1. The summed E-state index contributed by atoms with van der Waals surface area (Å²) in [5.74, 6) is 0.233. The van der Waals surface area contributed by atoms with Crippen molar-refractivity contribution in [2.24, 2.45) is 5.14 Å². The molecule has 0 spiro atoms. The van der Waals surface area contributed by atoms with Crippen LogP contribution in [-0.2, 0) is 10.0 Å². The summed E-state index contributed by atoms with van der Waals surface area (Å²) < 4.78 is 65.0. The zero-order chi connectivity index (χ0) is 28.4. The van der Waals surface area contributed by atoms with Crippen molar-refractivity contribution >= 4 is 26.8 Å². The van der Waals surface area contributed by atoms with Gasteiger partial charge in [-0.15, -0.1) is 15.7 Å². The summed E-state index contributed by atoms with van der Waals surface area (Å²) in [4.78, 5) is 16.6. The third-order valence-corrected chi connectivity index (χ3v) is 6.39. The van der Waals surface area contributed by atoms with E-state index in [1.165, 1.54) is 12.1 Å². The van der Waals surface area contributed by atoms with Crippen molar-refractivity contribution in [2.75, 3.05) is 12.5 Å². The van der Waals surface area contributed by atoms with Gasteiger partial charge in [0, 0.05) is 42.4 Å². The van der Waals surface area contributed by atoms with E-state index in [1.54, 1.807) is 36.1 Å². The minimum atomic E-state index is -4.94. The molecule has 2 heterocycles. The van der Waals surface area contributed by atoms with E-state index in [0.717, 1.165) is 17.0 Å². The van der Waals surface area contributed by atoms with E-state index < -0.39 is 20.3 Å². The van der Waals surface area contributed by atoms with Crippen LogP contribution in [-0.4, -0.2) is 26.4 Å². The Hall–Kier alpha value is -3.56. The number of sulfonamides is 1. The number of nitrogens with zero attached hydrogens (tertiary/aromatic N) is 1. The van der Waals surface area contributed by atoms with Gasteiger partial charge in [-0.2, -0.15) is 0 Å². The number of amides is 1. The zero-order valence-electron chi connectivity index (χ0n) is 20.8. The Morgan fingerprint density at radius 1 is 1.00 bits per heavy atom. The molecule has 202 valence electrons. The lowest BCUT2D eigenvalue weighted by molar-refractivity contribution is -2.00. The third-order valence-electron chi connectivity index (χ3n) is 5.48. The number of carbonyl (C=O) groups is 1. The highest BCUT2D eigenvalue weighted by Gasteiger charge is 2.25. The molecule has 0 unspecified atom stereocenters. The maximum Gasteiger partial charge on any atom is 0.322 e. The molecular weight excluding hydrogens is 540 g/mol. The molecule has 0 radical (unpaired) electrons. The molecule has 12 nitrogen and oxygen atoms in total. The van der Waals surface area contributed by atoms with Gasteiger partial charge in [-0.3, -0.25) is 4.79 Å². The summed E-state index contributed by atoms with van der Waals surface area (Å²) in [6.45, 7) is 5.81. The summed E-state index contributed by atoms with van der Waals surface area (Å²) in [5.41, 5.74) is 7.91. The van der Waals surface area contributed by atoms with Crippen LogP contribution in [0.2, 0.25) is 0 Å². The van der Waals surface area contributed by atoms with Gasteiger partial charge >= 0.3 is 5.91 Å². The van der Waals surface area contributed by atoms with E-state index in [2.05, 4.69) is 10.4 Å². The molecule has 4 N–H and O–H groups in total. The molecule has 38 heavy (non-hydrogen) atoms. The molecule has 0 aliphatic carbocycles. The minimum absolute atomic E-state index is 0.0373. The average molecular weight is 565 g/mol. The molecule has 0 saturated carbocycles. The summed E-state index contributed by atoms with van der Waals surface area (Å²) in [5, 5.41) is 5.91. The number of benzene rings is 2. The number of aromatic nitrogens is 2. The number of nitrogens with one attached hydrogen (secondary N) is 2. The Labute approximate surface area is 220 Å². The van der Waals surface area contributed by atoms with Gasteiger partial charge in [-0.1, -0.05) is 16.8 Å². The minimum Gasteiger partial charge on any atom is -0.497 e. The van der Waals surface area contributed by atoms with Crippen molar-refractivity contribution < 1.29 is 51.5 Å². The third kappa shape index (κ3) is 7.05. The monoisotopic (exact) mass is 564 g/mol. The van der Waals surface area contributed by atoms with E-state index in [4.69, 9.17) is 28.5 Å². The highest BCUT2D eigenvalue weighted by Crippen LogP contribution is 2.35. The smallest absolute Gasteiger partial charge is 0.322 e. The quantitative estimate of drug-likeness (QED) is 0.238. The fourth-order valence-corrected chi connectivity index (χ4v) is 4.58. The number of nitrogens with two attached hydrogens (primary N) is 1. The van der Waals surface area contributed by atoms with E-state index in [1.807, 2.05) is 39.0 Å². The standard InChI is InChI=1S/C24H24N4O4S.ClHO4/c1-14-10-15(2)28(16(3)11-14)27-24(29)23-22(17-6-5-7-18(12-17)32-4)20-13-19(33(25,30)31)8-9-21(20)26-23;2-1(3,4)5/h5-13H,1-4H3,(H3-,25,26,27,29,30,31);(H,2,3,4,5). The van der Waals surface area contributed by atoms with Crippen molar-refractivity contribution in [3.05, 3.63) is 77.2 Å². The first-order valence-corrected chi connectivity index (χ1v) is 13.6. The number of fused-ring (bicyclic) bond motifs is 1. The van der Waals surface area contributed by atoms with Crippen molar-refractivity contribution in [1.29, 1.82) is 0 Å². The normalized spacial score (nSPS) is 11.6. The van der Waals surface area contributed by atoms with Gasteiger partial charge in [0.05, 0.1) is 12.0 Å². The lowest BCUT2D eigenvalue weighted by atomic mass is 10.0. The lowest BCUT2D eigenvalue weighted by Gasteiger charge is -2.17. The first-order chi connectivity index (χ1) is 17.6. The molecule has 0 aliphatic heterocycles. The van der Waals surface area contributed by atoms with Gasteiger partial charge in [-0.25, -0.2) is 32.2 Å². The van der Waals surface area contributed by atoms with Crippen molar-refractivity contribution in [2.45, 2.75) is 25.7 Å². The number of hydrogen-bond donors (Lipinski definition) is 3. The van der Waals surface area contributed by atoms with Crippen molar-refractivity contribution in [3.8, 4) is 16.9 Å². The molecule has 0 fully saturated rings. The number of carbonyl (C=O) groups excluding carboxylic acids is 1. The van der Waals surface area contributed by atoms with Gasteiger partial charge in [0.2, 0.25) is 21.4 Å². The van der Waals surface area contributed by atoms with E-state index in [-0.39, 0.29) is 16.5 Å². The second-order valence-corrected chi connectivity index (χ2v) is 10.6. The maximum atomic E-state index is 13.5. The topological polar surface area (TPSA) is 210 Å². The van der Waals surface area contributed by atoms with E-state index >= 15 is 0 Å². The predicted molar refractivity (Wildman–Crippen MR) is 126 cm³/mol. The highest BCUT2D eigenvalue weighted by atomic mass is 35.7. The van der Waals surface area contributed by atoms with Crippen LogP contribution in [0, 0.1) is 31.0 Å². The maximum absolute atomic E-state index is 13.5. The first-order valence-electron chi connectivity index (χ1n) is 10.8. The van der Waals surface area contributed by atoms with Crippen molar-refractivity contribution in [3.63, 3.8) is 0 Å². The summed E-state index contributed by atoms with van der Waals surface area (Å²) in [7, 11) is -7.31. The molecule has 4 aromatic rings. The first kappa shape index (κ1) is 29.0. The Morgan fingerprint density at radius 2 is 1.61 bits per heavy atom. The second-order valence-electron chi connectivity index (χ2n) is 8.33. The Morgan fingerprint density at radius 3 is 2.16 bits per heavy atom. The fraction of sp³-hybridized carbons (Fsp3) is 0.167. The van der Waals surface area contributed by atoms with E-state index in [0.29, 0.717) is 27.8 Å². The number of ether oxygens (including phenoxy) is 1. The SMILES string of the molecule is COc1cccc(-c2c(C(=O)N[n+]3c(C)cc(C)cc3C)[nH]c3ccc(S(N)(=O)=O)cc23)c1.[O-][Cl+3]([O-])([O-])[O-]. The van der Waals surface area contributed by atoms with Crippen LogP contribution in [0.25, 0.3) is 22.0 Å². The summed E-state index contributed by atoms with van der Waals surface area (Å²) in [6.07, 6.45) is 0. The van der Waals surface area contributed by atoms with E-state index in [9.17, 15) is 13.2 Å². The van der Waals surface area contributed by atoms with Gasteiger partial charge in [0.15, 0.2) is 0 Å². The Bertz CT molecular complexity index is 1580. The molecule has 1 amide bonds.